The highest BCUT2D eigenvalue weighted by Gasteiger charge is 2.17. The van der Waals surface area contributed by atoms with Gasteiger partial charge in [-0.05, 0) is 18.6 Å². The van der Waals surface area contributed by atoms with Crippen LogP contribution in [0.3, 0.4) is 0 Å². The van der Waals surface area contributed by atoms with Gasteiger partial charge >= 0.3 is 0 Å². The summed E-state index contributed by atoms with van der Waals surface area (Å²) >= 11 is 0. The Morgan fingerprint density at radius 3 is 2.73 bits per heavy atom. The van der Waals surface area contributed by atoms with E-state index in [-0.39, 0.29) is 0 Å². The molecule has 1 saturated heterocycles. The molecule has 80 valence electrons. The molecule has 0 bridgehead atoms. The molecule has 1 N–H and O–H groups in total. The third kappa shape index (κ3) is 2.09. The van der Waals surface area contributed by atoms with Crippen LogP contribution in [0.4, 0.5) is 5.82 Å². The summed E-state index contributed by atoms with van der Waals surface area (Å²) in [5, 5.41) is 11.9. The van der Waals surface area contributed by atoms with Gasteiger partial charge in [-0.2, -0.15) is 0 Å². The summed E-state index contributed by atoms with van der Waals surface area (Å²) in [6.45, 7) is 3.84. The summed E-state index contributed by atoms with van der Waals surface area (Å²) in [7, 11) is 0. The van der Waals surface area contributed by atoms with Crippen LogP contribution in [0.1, 0.15) is 18.4 Å². The van der Waals surface area contributed by atoms with Crippen LogP contribution in [0.5, 0.6) is 0 Å². The van der Waals surface area contributed by atoms with Crippen molar-refractivity contribution in [2.24, 2.45) is 5.16 Å². The number of aromatic nitrogens is 1. The molecule has 1 fully saturated rings. The lowest BCUT2D eigenvalue weighted by molar-refractivity contribution is 0.315. The van der Waals surface area contributed by atoms with Gasteiger partial charge in [0.1, 0.15) is 5.82 Å². The summed E-state index contributed by atoms with van der Waals surface area (Å²) < 4.78 is 0. The number of aryl methyl sites for hydroxylation is 1. The number of piperidine rings is 1. The van der Waals surface area contributed by atoms with Crippen LogP contribution < -0.4 is 4.90 Å². The zero-order chi connectivity index (χ0) is 10.7. The van der Waals surface area contributed by atoms with Crippen molar-refractivity contribution in [3.05, 3.63) is 23.9 Å². The number of rotatable bonds is 1. The molecule has 0 saturated carbocycles. The minimum Gasteiger partial charge on any atom is -0.411 e. The molecule has 4 heteroatoms. The van der Waals surface area contributed by atoms with Crippen molar-refractivity contribution < 1.29 is 5.21 Å². The zero-order valence-electron chi connectivity index (χ0n) is 8.85. The monoisotopic (exact) mass is 205 g/mol. The Morgan fingerprint density at radius 1 is 1.40 bits per heavy atom. The fourth-order valence-electron chi connectivity index (χ4n) is 1.89. The first-order valence-electron chi connectivity index (χ1n) is 5.17. The molecule has 0 atom stereocenters. The van der Waals surface area contributed by atoms with Gasteiger partial charge in [-0.15, -0.1) is 0 Å². The Hall–Kier alpha value is -1.58. The van der Waals surface area contributed by atoms with Crippen LogP contribution in [0.2, 0.25) is 0 Å². The minimum atomic E-state index is 0.826. The molecule has 15 heavy (non-hydrogen) atoms. The molecule has 2 rings (SSSR count). The first-order chi connectivity index (χ1) is 7.31. The summed E-state index contributed by atoms with van der Waals surface area (Å²) in [6.07, 6.45) is 3.47. The molecule has 2 heterocycles. The Kier molecular flexibility index (Phi) is 2.85. The average Bonchev–Trinajstić information content (AvgIpc) is 2.30. The van der Waals surface area contributed by atoms with Crippen LogP contribution in [0, 0.1) is 6.92 Å². The molecule has 1 aliphatic rings. The van der Waals surface area contributed by atoms with Crippen LogP contribution >= 0.6 is 0 Å². The highest BCUT2D eigenvalue weighted by atomic mass is 16.4. The Bertz CT molecular complexity index is 366. The van der Waals surface area contributed by atoms with E-state index in [0.29, 0.717) is 0 Å². The van der Waals surface area contributed by atoms with Gasteiger partial charge in [0.25, 0.3) is 0 Å². The third-order valence-corrected chi connectivity index (χ3v) is 2.76. The SMILES string of the molecule is Cc1cccnc1N1CCC(=NO)CC1. The first-order valence-corrected chi connectivity index (χ1v) is 5.17. The number of pyridine rings is 1. The molecule has 0 radical (unpaired) electrons. The molecule has 1 aromatic heterocycles. The summed E-state index contributed by atoms with van der Waals surface area (Å²) in [5.74, 6) is 1.05. The van der Waals surface area contributed by atoms with E-state index in [9.17, 15) is 0 Å². The topological polar surface area (TPSA) is 48.7 Å². The third-order valence-electron chi connectivity index (χ3n) is 2.76. The standard InChI is InChI=1S/C11H15N3O/c1-9-3-2-6-12-11(9)14-7-4-10(13-15)5-8-14/h2-3,6,15H,4-5,7-8H2,1H3. The molecule has 0 aliphatic carbocycles. The van der Waals surface area contributed by atoms with Crippen LogP contribution in [-0.2, 0) is 0 Å². The molecule has 4 nitrogen and oxygen atoms in total. The molecule has 1 aromatic rings. The number of oxime groups is 1. The predicted molar refractivity (Wildman–Crippen MR) is 59.6 cm³/mol. The van der Waals surface area contributed by atoms with Crippen molar-refractivity contribution in [3.8, 4) is 0 Å². The number of hydrogen-bond acceptors (Lipinski definition) is 4. The molecular formula is C11H15N3O. The predicted octanol–water partition coefficient (Wildman–Crippen LogP) is 1.82. The van der Waals surface area contributed by atoms with Gasteiger partial charge in [0.2, 0.25) is 0 Å². The van der Waals surface area contributed by atoms with Gasteiger partial charge in [0.05, 0.1) is 5.71 Å². The second kappa shape index (κ2) is 4.29. The van der Waals surface area contributed by atoms with Gasteiger partial charge < -0.3 is 10.1 Å². The maximum atomic E-state index is 8.66. The van der Waals surface area contributed by atoms with Gasteiger partial charge in [-0.1, -0.05) is 11.2 Å². The smallest absolute Gasteiger partial charge is 0.131 e. The lowest BCUT2D eigenvalue weighted by atomic mass is 10.1. The lowest BCUT2D eigenvalue weighted by Gasteiger charge is -2.29. The Labute approximate surface area is 89.2 Å². The molecule has 0 amide bonds. The van der Waals surface area contributed by atoms with E-state index in [1.54, 1.807) is 0 Å². The van der Waals surface area contributed by atoms with E-state index in [1.807, 2.05) is 12.3 Å². The summed E-state index contributed by atoms with van der Waals surface area (Å²) in [6, 6.07) is 4.02. The van der Waals surface area contributed by atoms with Crippen molar-refractivity contribution in [3.63, 3.8) is 0 Å². The van der Waals surface area contributed by atoms with E-state index < -0.39 is 0 Å². The quantitative estimate of drug-likeness (QED) is 0.562. The second-order valence-electron chi connectivity index (χ2n) is 3.80. The Balaban J connectivity index is 2.11. The lowest BCUT2D eigenvalue weighted by Crippen LogP contribution is -2.34. The van der Waals surface area contributed by atoms with E-state index in [4.69, 9.17) is 5.21 Å². The second-order valence-corrected chi connectivity index (χ2v) is 3.80. The van der Waals surface area contributed by atoms with E-state index >= 15 is 0 Å². The normalized spacial score (nSPS) is 16.6. The molecule has 0 aromatic carbocycles. The van der Waals surface area contributed by atoms with Crippen molar-refractivity contribution in [1.82, 2.24) is 4.98 Å². The largest absolute Gasteiger partial charge is 0.411 e. The molecule has 1 aliphatic heterocycles. The highest BCUT2D eigenvalue weighted by Crippen LogP contribution is 2.19. The molecule has 0 spiro atoms. The van der Waals surface area contributed by atoms with Crippen LogP contribution in [-0.4, -0.2) is 29.0 Å². The zero-order valence-corrected chi connectivity index (χ0v) is 8.85. The number of hydrogen-bond donors (Lipinski definition) is 1. The van der Waals surface area contributed by atoms with E-state index in [2.05, 4.69) is 28.0 Å². The van der Waals surface area contributed by atoms with Gasteiger partial charge in [0.15, 0.2) is 0 Å². The fourth-order valence-corrected chi connectivity index (χ4v) is 1.89. The first kappa shape index (κ1) is 9.96. The van der Waals surface area contributed by atoms with Crippen molar-refractivity contribution >= 4 is 11.5 Å². The van der Waals surface area contributed by atoms with Crippen molar-refractivity contribution in [1.29, 1.82) is 0 Å². The maximum absolute atomic E-state index is 8.66. The van der Waals surface area contributed by atoms with Crippen molar-refractivity contribution in [2.75, 3.05) is 18.0 Å². The number of nitrogens with zero attached hydrogens (tertiary/aromatic N) is 3. The summed E-state index contributed by atoms with van der Waals surface area (Å²) in [4.78, 5) is 6.62. The van der Waals surface area contributed by atoms with E-state index in [1.165, 1.54) is 5.56 Å². The summed E-state index contributed by atoms with van der Waals surface area (Å²) in [5.41, 5.74) is 2.08. The Morgan fingerprint density at radius 2 is 2.13 bits per heavy atom. The van der Waals surface area contributed by atoms with Gasteiger partial charge in [-0.3, -0.25) is 0 Å². The van der Waals surface area contributed by atoms with Gasteiger partial charge in [-0.25, -0.2) is 4.98 Å². The van der Waals surface area contributed by atoms with Crippen LogP contribution in [0.15, 0.2) is 23.5 Å². The number of anilines is 1. The fraction of sp³-hybridized carbons (Fsp3) is 0.455. The molecular weight excluding hydrogens is 190 g/mol. The highest BCUT2D eigenvalue weighted by molar-refractivity contribution is 5.86. The molecule has 0 unspecified atom stereocenters. The van der Waals surface area contributed by atoms with Gasteiger partial charge in [0, 0.05) is 32.1 Å². The maximum Gasteiger partial charge on any atom is 0.131 e. The van der Waals surface area contributed by atoms with Crippen molar-refractivity contribution in [2.45, 2.75) is 19.8 Å². The van der Waals surface area contributed by atoms with Crippen LogP contribution in [0.25, 0.3) is 0 Å². The minimum absolute atomic E-state index is 0.826. The average molecular weight is 205 g/mol. The van der Waals surface area contributed by atoms with E-state index in [0.717, 1.165) is 37.5 Å².